The van der Waals surface area contributed by atoms with Crippen LogP contribution in [0.25, 0.3) is 0 Å². The van der Waals surface area contributed by atoms with Gasteiger partial charge in [-0.15, -0.1) is 0 Å². The van der Waals surface area contributed by atoms with Crippen molar-refractivity contribution in [2.24, 2.45) is 5.73 Å². The average Bonchev–Trinajstić information content (AvgIpc) is 2.84. The van der Waals surface area contributed by atoms with Gasteiger partial charge in [0.05, 0.1) is 0 Å². The van der Waals surface area contributed by atoms with Crippen molar-refractivity contribution in [1.82, 2.24) is 16.0 Å². The van der Waals surface area contributed by atoms with Crippen molar-refractivity contribution in [2.75, 3.05) is 45.8 Å². The lowest BCUT2D eigenvalue weighted by Gasteiger charge is -2.07. The molecule has 0 radical (unpaired) electrons. The number of carbonyl (C=O) groups is 1. The first-order valence-electron chi connectivity index (χ1n) is 14.5. The molecule has 0 aromatic heterocycles. The first-order valence-corrected chi connectivity index (χ1v) is 14.5. The first kappa shape index (κ1) is 37.3. The van der Waals surface area contributed by atoms with Crippen LogP contribution in [0.3, 0.4) is 0 Å². The van der Waals surface area contributed by atoms with Crippen molar-refractivity contribution in [3.8, 4) is 0 Å². The van der Waals surface area contributed by atoms with Crippen LogP contribution in [0, 0.1) is 0 Å². The van der Waals surface area contributed by atoms with Crippen LogP contribution >= 0.6 is 0 Å². The molecule has 6 N–H and O–H groups in total. The summed E-state index contributed by atoms with van der Waals surface area (Å²) >= 11 is 0. The molecular formula is C27H57F3N4O2. The van der Waals surface area contributed by atoms with Gasteiger partial charge < -0.3 is 26.8 Å². The Kier molecular flexibility index (Phi) is 31.4. The van der Waals surface area contributed by atoms with Crippen molar-refractivity contribution in [2.45, 2.75) is 122 Å². The van der Waals surface area contributed by atoms with Gasteiger partial charge in [-0.3, -0.25) is 0 Å². The molecule has 0 aliphatic rings. The van der Waals surface area contributed by atoms with Crippen molar-refractivity contribution in [3.63, 3.8) is 0 Å². The Morgan fingerprint density at radius 1 is 0.583 bits per heavy atom. The highest BCUT2D eigenvalue weighted by molar-refractivity contribution is 5.73. The summed E-state index contributed by atoms with van der Waals surface area (Å²) in [6.45, 7) is 9.84. The number of rotatable bonds is 26. The highest BCUT2D eigenvalue weighted by atomic mass is 19.4. The zero-order valence-corrected chi connectivity index (χ0v) is 23.0. The van der Waals surface area contributed by atoms with E-state index in [1.165, 1.54) is 109 Å². The second kappa shape index (κ2) is 30.3. The van der Waals surface area contributed by atoms with E-state index in [9.17, 15) is 13.2 Å². The smallest absolute Gasteiger partial charge is 0.475 e. The molecule has 0 saturated carbocycles. The molecular weight excluding hydrogens is 469 g/mol. The number of hydrogen-bond donors (Lipinski definition) is 5. The molecule has 0 atom stereocenters. The fraction of sp³-hybridized carbons (Fsp3) is 0.963. The maximum absolute atomic E-state index is 10.6. The summed E-state index contributed by atoms with van der Waals surface area (Å²) in [4.78, 5) is 8.90. The molecule has 0 aromatic carbocycles. The molecule has 0 amide bonds. The predicted octanol–water partition coefficient (Wildman–Crippen LogP) is 6.00. The molecule has 0 aliphatic carbocycles. The molecule has 0 bridgehead atoms. The zero-order chi connectivity index (χ0) is 27.2. The number of hydrogen-bond acceptors (Lipinski definition) is 5. The Morgan fingerprint density at radius 2 is 0.861 bits per heavy atom. The summed E-state index contributed by atoms with van der Waals surface area (Å²) in [7, 11) is 0. The fourth-order valence-electron chi connectivity index (χ4n) is 3.72. The highest BCUT2D eigenvalue weighted by Gasteiger charge is 2.38. The van der Waals surface area contributed by atoms with Crippen LogP contribution in [0.2, 0.25) is 0 Å². The topological polar surface area (TPSA) is 99.4 Å². The van der Waals surface area contributed by atoms with E-state index < -0.39 is 12.1 Å². The van der Waals surface area contributed by atoms with E-state index in [1.807, 2.05) is 0 Å². The lowest BCUT2D eigenvalue weighted by atomic mass is 10.0. The van der Waals surface area contributed by atoms with Gasteiger partial charge in [-0.25, -0.2) is 4.79 Å². The van der Waals surface area contributed by atoms with Crippen LogP contribution in [0.5, 0.6) is 0 Å². The van der Waals surface area contributed by atoms with Crippen molar-refractivity contribution >= 4 is 5.97 Å². The highest BCUT2D eigenvalue weighted by Crippen LogP contribution is 2.13. The minimum absolute atomic E-state index is 0.789. The summed E-state index contributed by atoms with van der Waals surface area (Å²) in [5, 5.41) is 17.7. The minimum Gasteiger partial charge on any atom is -0.475 e. The molecule has 0 rings (SSSR count). The van der Waals surface area contributed by atoms with Gasteiger partial charge in [-0.1, -0.05) is 90.4 Å². The molecule has 218 valence electrons. The number of carboxylic acid groups (broad SMARTS) is 1. The third kappa shape index (κ3) is 35.3. The molecule has 0 aliphatic heterocycles. The number of nitrogens with one attached hydrogen (secondary N) is 3. The van der Waals surface area contributed by atoms with Crippen molar-refractivity contribution in [3.05, 3.63) is 0 Å². The Labute approximate surface area is 219 Å². The first-order chi connectivity index (χ1) is 17.4. The predicted molar refractivity (Wildman–Crippen MR) is 146 cm³/mol. The van der Waals surface area contributed by atoms with Crippen molar-refractivity contribution < 1.29 is 23.1 Å². The molecule has 6 nitrogen and oxygen atoms in total. The minimum atomic E-state index is -5.08. The maximum atomic E-state index is 10.6. The van der Waals surface area contributed by atoms with Crippen LogP contribution in [0.1, 0.15) is 116 Å². The average molecular weight is 527 g/mol. The number of nitrogens with two attached hydrogens (primary N) is 1. The molecule has 0 unspecified atom stereocenters. The van der Waals surface area contributed by atoms with Gasteiger partial charge in [0.2, 0.25) is 0 Å². The van der Waals surface area contributed by atoms with E-state index in [-0.39, 0.29) is 0 Å². The van der Waals surface area contributed by atoms with Gasteiger partial charge in [-0.2, -0.15) is 13.2 Å². The molecule has 0 fully saturated rings. The summed E-state index contributed by atoms with van der Waals surface area (Å²) < 4.78 is 31.7. The van der Waals surface area contributed by atoms with Gasteiger partial charge >= 0.3 is 12.1 Å². The summed E-state index contributed by atoms with van der Waals surface area (Å²) in [6, 6.07) is 0. The van der Waals surface area contributed by atoms with E-state index in [0.29, 0.717) is 0 Å². The van der Waals surface area contributed by atoms with Crippen LogP contribution in [-0.4, -0.2) is 63.1 Å². The van der Waals surface area contributed by atoms with E-state index in [1.54, 1.807) is 0 Å². The van der Waals surface area contributed by atoms with Crippen molar-refractivity contribution in [1.29, 1.82) is 0 Å². The van der Waals surface area contributed by atoms with Gasteiger partial charge in [-0.05, 0) is 71.5 Å². The van der Waals surface area contributed by atoms with E-state index in [2.05, 4.69) is 22.9 Å². The number of unbranched alkanes of at least 4 members (excludes halogenated alkanes) is 13. The maximum Gasteiger partial charge on any atom is 0.490 e. The monoisotopic (exact) mass is 526 g/mol. The second-order valence-electron chi connectivity index (χ2n) is 9.50. The standard InChI is InChI=1S/C25H56N4.C2HF3O2/c1-2-3-4-5-6-7-8-9-10-11-12-13-14-15-20-27-22-17-24-29-25-18-23-28-21-16-19-26;3-2(4,5)1(6)7/h27-29H,2-26H2,1H3;(H,6,7). The van der Waals surface area contributed by atoms with Gasteiger partial charge in [0.15, 0.2) is 0 Å². The summed E-state index contributed by atoms with van der Waals surface area (Å²) in [6.07, 6.45) is 18.6. The van der Waals surface area contributed by atoms with E-state index in [4.69, 9.17) is 15.6 Å². The largest absolute Gasteiger partial charge is 0.490 e. The second-order valence-corrected chi connectivity index (χ2v) is 9.50. The van der Waals surface area contributed by atoms with Gasteiger partial charge in [0.1, 0.15) is 0 Å². The molecule has 36 heavy (non-hydrogen) atoms. The summed E-state index contributed by atoms with van der Waals surface area (Å²) in [5.74, 6) is -2.76. The lowest BCUT2D eigenvalue weighted by Crippen LogP contribution is -2.26. The SMILES string of the molecule is CCCCCCCCCCCCCCCCNCCCNCCCNCCCN.O=C(O)C(F)(F)F. The lowest BCUT2D eigenvalue weighted by molar-refractivity contribution is -0.192. The Bertz CT molecular complexity index is 416. The Morgan fingerprint density at radius 3 is 1.17 bits per heavy atom. The zero-order valence-electron chi connectivity index (χ0n) is 23.0. The number of carboxylic acids is 1. The van der Waals surface area contributed by atoms with Crippen LogP contribution in [-0.2, 0) is 4.79 Å². The van der Waals surface area contributed by atoms with Crippen LogP contribution in [0.4, 0.5) is 13.2 Å². The van der Waals surface area contributed by atoms with E-state index >= 15 is 0 Å². The Balaban J connectivity index is 0. The molecule has 0 saturated heterocycles. The number of halogens is 3. The van der Waals surface area contributed by atoms with Crippen LogP contribution < -0.4 is 21.7 Å². The molecule has 0 heterocycles. The third-order valence-corrected chi connectivity index (χ3v) is 5.92. The van der Waals surface area contributed by atoms with Gasteiger partial charge in [0.25, 0.3) is 0 Å². The molecule has 0 aromatic rings. The Hall–Kier alpha value is -0.900. The van der Waals surface area contributed by atoms with Crippen LogP contribution in [0.15, 0.2) is 0 Å². The van der Waals surface area contributed by atoms with E-state index in [0.717, 1.165) is 45.7 Å². The normalized spacial score (nSPS) is 11.4. The molecule has 0 spiro atoms. The molecule has 9 heteroatoms. The quantitative estimate of drug-likeness (QED) is 0.0887. The van der Waals surface area contributed by atoms with Gasteiger partial charge in [0, 0.05) is 0 Å². The third-order valence-electron chi connectivity index (χ3n) is 5.92. The fourth-order valence-corrected chi connectivity index (χ4v) is 3.72. The summed E-state index contributed by atoms with van der Waals surface area (Å²) in [5.41, 5.74) is 5.47. The number of aliphatic carboxylic acids is 1. The number of alkyl halides is 3.